The van der Waals surface area contributed by atoms with Gasteiger partial charge in [0.1, 0.15) is 5.00 Å². The zero-order valence-electron chi connectivity index (χ0n) is 14.7. The molecule has 0 unspecified atom stereocenters. The summed E-state index contributed by atoms with van der Waals surface area (Å²) in [6, 6.07) is 7.73. The number of amides is 3. The molecule has 136 valence electrons. The third-order valence-electron chi connectivity index (χ3n) is 4.29. The van der Waals surface area contributed by atoms with Crippen LogP contribution in [0, 0.1) is 6.92 Å². The monoisotopic (exact) mass is 372 g/mol. The third-order valence-corrected chi connectivity index (χ3v) is 5.49. The second kappa shape index (κ2) is 7.70. The minimum Gasteiger partial charge on any atom is -0.453 e. The number of thiophene rings is 1. The molecule has 3 amide bonds. The zero-order chi connectivity index (χ0) is 18.7. The van der Waals surface area contributed by atoms with Gasteiger partial charge in [0, 0.05) is 4.88 Å². The van der Waals surface area contributed by atoms with Gasteiger partial charge in [0.25, 0.3) is 5.91 Å². The Bertz CT molecular complexity index is 855. The summed E-state index contributed by atoms with van der Waals surface area (Å²) < 4.78 is 4.49. The Hall–Kier alpha value is -2.67. The maximum absolute atomic E-state index is 12.5. The number of benzene rings is 1. The van der Waals surface area contributed by atoms with Gasteiger partial charge in [0.2, 0.25) is 5.91 Å². The number of carbonyl (C=O) groups is 3. The average Bonchev–Trinajstić information content (AvgIpc) is 3.17. The van der Waals surface area contributed by atoms with Gasteiger partial charge in [0.15, 0.2) is 0 Å². The van der Waals surface area contributed by atoms with E-state index in [0.29, 0.717) is 10.6 Å². The Morgan fingerprint density at radius 2 is 1.88 bits per heavy atom. The number of imide groups is 1. The fourth-order valence-electron chi connectivity index (χ4n) is 3.00. The molecular weight excluding hydrogens is 352 g/mol. The van der Waals surface area contributed by atoms with E-state index < -0.39 is 12.0 Å². The molecule has 1 heterocycles. The number of anilines is 1. The van der Waals surface area contributed by atoms with Gasteiger partial charge in [-0.3, -0.25) is 14.9 Å². The van der Waals surface area contributed by atoms with Gasteiger partial charge in [-0.05, 0) is 37.3 Å². The molecule has 2 aromatic rings. The minimum atomic E-state index is -0.815. The highest BCUT2D eigenvalue weighted by atomic mass is 32.1. The van der Waals surface area contributed by atoms with E-state index in [1.165, 1.54) is 18.4 Å². The Balaban J connectivity index is 1.79. The number of nitrogens with one attached hydrogen (secondary N) is 2. The summed E-state index contributed by atoms with van der Waals surface area (Å²) in [6.07, 6.45) is 2.03. The van der Waals surface area contributed by atoms with Crippen molar-refractivity contribution >= 4 is 34.2 Å². The van der Waals surface area contributed by atoms with Gasteiger partial charge in [-0.1, -0.05) is 29.8 Å². The molecule has 7 heteroatoms. The predicted molar refractivity (Wildman–Crippen MR) is 99.7 cm³/mol. The first-order chi connectivity index (χ1) is 12.5. The number of carbonyl (C=O) groups excluding carboxylic acids is 3. The number of alkyl carbamates (subject to hydrolysis) is 1. The lowest BCUT2D eigenvalue weighted by molar-refractivity contribution is -0.115. The van der Waals surface area contributed by atoms with Crippen molar-refractivity contribution in [1.29, 1.82) is 0 Å². The summed E-state index contributed by atoms with van der Waals surface area (Å²) in [7, 11) is 1.20. The van der Waals surface area contributed by atoms with E-state index >= 15 is 0 Å². The van der Waals surface area contributed by atoms with Crippen LogP contribution in [0.3, 0.4) is 0 Å². The first-order valence-electron chi connectivity index (χ1n) is 8.37. The number of hydrogen-bond acceptors (Lipinski definition) is 5. The van der Waals surface area contributed by atoms with E-state index in [1.807, 2.05) is 31.2 Å². The number of ether oxygens (including phenoxy) is 1. The van der Waals surface area contributed by atoms with Gasteiger partial charge in [0.05, 0.1) is 19.1 Å². The van der Waals surface area contributed by atoms with Crippen LogP contribution in [0.5, 0.6) is 0 Å². The molecule has 0 atom stereocenters. The van der Waals surface area contributed by atoms with Crippen LogP contribution >= 0.6 is 11.3 Å². The van der Waals surface area contributed by atoms with Gasteiger partial charge < -0.3 is 10.1 Å². The molecular formula is C19H20N2O4S. The molecule has 2 N–H and O–H groups in total. The van der Waals surface area contributed by atoms with E-state index in [4.69, 9.17) is 0 Å². The molecule has 6 nitrogen and oxygen atoms in total. The predicted octanol–water partition coefficient (Wildman–Crippen LogP) is 3.22. The number of fused-ring (bicyclic) bond motifs is 1. The minimum absolute atomic E-state index is 0.194. The second-order valence-corrected chi connectivity index (χ2v) is 7.32. The summed E-state index contributed by atoms with van der Waals surface area (Å²) in [6.45, 7) is 1.99. The Labute approximate surface area is 155 Å². The summed E-state index contributed by atoms with van der Waals surface area (Å²) in [5.74, 6) is -0.734. The smallest absolute Gasteiger partial charge is 0.413 e. The maximum Gasteiger partial charge on any atom is 0.413 e. The molecule has 0 saturated carbocycles. The van der Waals surface area contributed by atoms with Crippen LogP contribution in [-0.2, 0) is 28.8 Å². The van der Waals surface area contributed by atoms with E-state index in [1.54, 1.807) is 0 Å². The number of methoxy groups -OCH3 is 1. The molecule has 0 bridgehead atoms. The average molecular weight is 372 g/mol. The van der Waals surface area contributed by atoms with E-state index in [2.05, 4.69) is 15.4 Å². The second-order valence-electron chi connectivity index (χ2n) is 6.22. The molecule has 1 aliphatic carbocycles. The summed E-state index contributed by atoms with van der Waals surface area (Å²) in [4.78, 5) is 37.4. The quantitative estimate of drug-likeness (QED) is 0.863. The number of aryl methyl sites for hydroxylation is 2. The van der Waals surface area contributed by atoms with Crippen molar-refractivity contribution in [3.63, 3.8) is 0 Å². The van der Waals surface area contributed by atoms with Crippen LogP contribution in [0.2, 0.25) is 0 Å². The number of hydrogen-bond donors (Lipinski definition) is 2. The third kappa shape index (κ3) is 3.94. The van der Waals surface area contributed by atoms with Crippen molar-refractivity contribution in [3.8, 4) is 0 Å². The van der Waals surface area contributed by atoms with E-state index in [0.717, 1.165) is 40.8 Å². The molecule has 3 rings (SSSR count). The normalized spacial score (nSPS) is 12.4. The molecule has 0 spiro atoms. The standard InChI is InChI=1S/C19H20N2O4S/c1-11-6-8-12(9-7-11)10-15(22)20-18-16(17(23)21-19(24)25-2)13-4-3-5-14(13)26-18/h6-9H,3-5,10H2,1-2H3,(H,20,22)(H,21,23,24). The fourth-order valence-corrected chi connectivity index (χ4v) is 4.30. The first-order valence-corrected chi connectivity index (χ1v) is 9.19. The van der Waals surface area contributed by atoms with Crippen molar-refractivity contribution in [2.24, 2.45) is 0 Å². The maximum atomic E-state index is 12.5. The molecule has 1 aromatic carbocycles. The zero-order valence-corrected chi connectivity index (χ0v) is 15.5. The van der Waals surface area contributed by atoms with Crippen molar-refractivity contribution in [2.45, 2.75) is 32.6 Å². The highest BCUT2D eigenvalue weighted by molar-refractivity contribution is 7.17. The van der Waals surface area contributed by atoms with Crippen molar-refractivity contribution in [3.05, 3.63) is 51.4 Å². The Morgan fingerprint density at radius 1 is 1.15 bits per heavy atom. The van der Waals surface area contributed by atoms with Crippen molar-refractivity contribution < 1.29 is 19.1 Å². The van der Waals surface area contributed by atoms with Crippen molar-refractivity contribution in [1.82, 2.24) is 5.32 Å². The van der Waals surface area contributed by atoms with Crippen LogP contribution < -0.4 is 10.6 Å². The van der Waals surface area contributed by atoms with Crippen LogP contribution in [0.1, 0.15) is 38.3 Å². The summed E-state index contributed by atoms with van der Waals surface area (Å²) >= 11 is 1.41. The molecule has 1 aromatic heterocycles. The van der Waals surface area contributed by atoms with Crippen LogP contribution in [-0.4, -0.2) is 25.0 Å². The van der Waals surface area contributed by atoms with Crippen LogP contribution in [0.15, 0.2) is 24.3 Å². The fraction of sp³-hybridized carbons (Fsp3) is 0.316. The topological polar surface area (TPSA) is 84.5 Å². The van der Waals surface area contributed by atoms with Crippen molar-refractivity contribution in [2.75, 3.05) is 12.4 Å². The van der Waals surface area contributed by atoms with Crippen LogP contribution in [0.4, 0.5) is 9.80 Å². The highest BCUT2D eigenvalue weighted by Gasteiger charge is 2.28. The molecule has 0 aliphatic heterocycles. The van der Waals surface area contributed by atoms with Gasteiger partial charge in [-0.25, -0.2) is 4.79 Å². The highest BCUT2D eigenvalue weighted by Crippen LogP contribution is 2.39. The Kier molecular flexibility index (Phi) is 5.37. The summed E-state index contributed by atoms with van der Waals surface area (Å²) in [5, 5.41) is 5.52. The molecule has 0 saturated heterocycles. The molecule has 1 aliphatic rings. The van der Waals surface area contributed by atoms with E-state index in [9.17, 15) is 14.4 Å². The first kappa shape index (κ1) is 18.1. The summed E-state index contributed by atoms with van der Waals surface area (Å²) in [5.41, 5.74) is 3.33. The van der Waals surface area contributed by atoms with Gasteiger partial charge in [-0.2, -0.15) is 0 Å². The lowest BCUT2D eigenvalue weighted by atomic mass is 10.1. The lowest BCUT2D eigenvalue weighted by Crippen LogP contribution is -2.31. The number of rotatable bonds is 4. The molecule has 0 radical (unpaired) electrons. The van der Waals surface area contributed by atoms with E-state index in [-0.39, 0.29) is 12.3 Å². The lowest BCUT2D eigenvalue weighted by Gasteiger charge is -2.08. The molecule has 0 fully saturated rings. The Morgan fingerprint density at radius 3 is 2.58 bits per heavy atom. The van der Waals surface area contributed by atoms with Gasteiger partial charge in [-0.15, -0.1) is 11.3 Å². The SMILES string of the molecule is COC(=O)NC(=O)c1c(NC(=O)Cc2ccc(C)cc2)sc2c1CCC2. The largest absolute Gasteiger partial charge is 0.453 e. The van der Waals surface area contributed by atoms with Crippen LogP contribution in [0.25, 0.3) is 0 Å². The van der Waals surface area contributed by atoms with Gasteiger partial charge >= 0.3 is 6.09 Å². The molecule has 26 heavy (non-hydrogen) atoms.